The van der Waals surface area contributed by atoms with Gasteiger partial charge in [0.15, 0.2) is 6.61 Å². The van der Waals surface area contributed by atoms with Crippen LogP contribution in [0.3, 0.4) is 0 Å². The minimum absolute atomic E-state index is 0.125. The average Bonchev–Trinajstić information content (AvgIpc) is 3.39. The summed E-state index contributed by atoms with van der Waals surface area (Å²) >= 11 is 1.90. The topological polar surface area (TPSA) is 59.8 Å². The number of furan rings is 1. The number of nitrogens with zero attached hydrogens (tertiary/aromatic N) is 1. The van der Waals surface area contributed by atoms with Gasteiger partial charge in [-0.2, -0.15) is 11.8 Å². The van der Waals surface area contributed by atoms with E-state index in [1.54, 1.807) is 4.90 Å². The van der Waals surface area contributed by atoms with E-state index in [9.17, 15) is 9.59 Å². The molecule has 1 amide bonds. The molecule has 0 atom stereocenters. The Morgan fingerprint density at radius 1 is 1.07 bits per heavy atom. The van der Waals surface area contributed by atoms with E-state index in [2.05, 4.69) is 0 Å². The number of rotatable bonds is 6. The summed E-state index contributed by atoms with van der Waals surface area (Å²) in [6.07, 6.45) is 8.43. The van der Waals surface area contributed by atoms with Crippen molar-refractivity contribution in [2.24, 2.45) is 0 Å². The van der Waals surface area contributed by atoms with Crippen molar-refractivity contribution in [2.45, 2.75) is 55.9 Å². The molecule has 2 heterocycles. The Labute approximate surface area is 169 Å². The zero-order chi connectivity index (χ0) is 19.3. The van der Waals surface area contributed by atoms with Gasteiger partial charge in [-0.25, -0.2) is 4.79 Å². The molecule has 150 valence electrons. The molecule has 0 radical (unpaired) electrons. The highest BCUT2D eigenvalue weighted by Crippen LogP contribution is 2.35. The van der Waals surface area contributed by atoms with E-state index in [-0.39, 0.29) is 18.3 Å². The Morgan fingerprint density at radius 2 is 1.82 bits per heavy atom. The Morgan fingerprint density at radius 3 is 2.61 bits per heavy atom. The highest BCUT2D eigenvalue weighted by Gasteiger charge is 2.25. The molecule has 1 aromatic carbocycles. The second-order valence-corrected chi connectivity index (χ2v) is 8.93. The molecule has 2 aromatic rings. The van der Waals surface area contributed by atoms with Gasteiger partial charge in [0, 0.05) is 35.0 Å². The zero-order valence-electron chi connectivity index (χ0n) is 16.2. The van der Waals surface area contributed by atoms with Crippen LogP contribution in [0.5, 0.6) is 0 Å². The minimum Gasteiger partial charge on any atom is -0.450 e. The Hall–Kier alpha value is -1.95. The van der Waals surface area contributed by atoms with Crippen LogP contribution in [0.15, 0.2) is 28.7 Å². The summed E-state index contributed by atoms with van der Waals surface area (Å²) in [7, 11) is 0. The number of esters is 1. The Balaban J connectivity index is 1.46. The van der Waals surface area contributed by atoms with Crippen LogP contribution in [0.2, 0.25) is 0 Å². The maximum absolute atomic E-state index is 12.7. The number of fused-ring (bicyclic) bond motifs is 1. The molecule has 1 aliphatic carbocycles. The lowest BCUT2D eigenvalue weighted by molar-refractivity contribution is -0.133. The van der Waals surface area contributed by atoms with Crippen LogP contribution in [0, 0.1) is 0 Å². The molecular weight excluding hydrogens is 374 g/mol. The average molecular weight is 402 g/mol. The molecule has 1 saturated carbocycles. The monoisotopic (exact) mass is 401 g/mol. The first-order valence-corrected chi connectivity index (χ1v) is 11.3. The van der Waals surface area contributed by atoms with Crippen molar-refractivity contribution in [1.82, 2.24) is 4.90 Å². The summed E-state index contributed by atoms with van der Waals surface area (Å²) in [5.74, 6) is 0.313. The van der Waals surface area contributed by atoms with Crippen molar-refractivity contribution in [3.05, 3.63) is 35.6 Å². The quantitative estimate of drug-likeness (QED) is 0.652. The molecule has 6 heteroatoms. The maximum Gasteiger partial charge on any atom is 0.375 e. The lowest BCUT2D eigenvalue weighted by Crippen LogP contribution is -2.32. The summed E-state index contributed by atoms with van der Waals surface area (Å²) in [5.41, 5.74) is 1.59. The summed E-state index contributed by atoms with van der Waals surface area (Å²) in [4.78, 5) is 26.6. The number of ether oxygens (including phenoxy) is 1. The van der Waals surface area contributed by atoms with E-state index in [0.29, 0.717) is 10.8 Å². The van der Waals surface area contributed by atoms with Crippen LogP contribution in [0.1, 0.15) is 61.1 Å². The van der Waals surface area contributed by atoms with Crippen LogP contribution in [0.25, 0.3) is 11.0 Å². The minimum atomic E-state index is -0.539. The van der Waals surface area contributed by atoms with Crippen LogP contribution >= 0.6 is 11.8 Å². The molecule has 1 aliphatic heterocycles. The van der Waals surface area contributed by atoms with E-state index in [1.807, 2.05) is 36.0 Å². The van der Waals surface area contributed by atoms with Crippen molar-refractivity contribution >= 4 is 34.6 Å². The second kappa shape index (κ2) is 9.03. The van der Waals surface area contributed by atoms with Gasteiger partial charge in [-0.1, -0.05) is 37.5 Å². The Kier molecular flexibility index (Phi) is 6.25. The maximum atomic E-state index is 12.7. The van der Waals surface area contributed by atoms with Crippen LogP contribution in [-0.4, -0.2) is 41.7 Å². The van der Waals surface area contributed by atoms with Crippen molar-refractivity contribution in [2.75, 3.05) is 19.7 Å². The van der Waals surface area contributed by atoms with E-state index in [1.165, 1.54) is 32.1 Å². The first-order valence-electron chi connectivity index (χ1n) is 10.3. The lowest BCUT2D eigenvalue weighted by Gasteiger charge is -2.20. The molecule has 2 fully saturated rings. The predicted octanol–water partition coefficient (Wildman–Crippen LogP) is 4.78. The fourth-order valence-corrected chi connectivity index (χ4v) is 5.45. The molecule has 1 saturated heterocycles. The van der Waals surface area contributed by atoms with Crippen molar-refractivity contribution < 1.29 is 18.7 Å². The van der Waals surface area contributed by atoms with Gasteiger partial charge in [0.05, 0.1) is 0 Å². The number of likely N-dealkylation sites (tertiary alicyclic amines) is 1. The molecule has 0 unspecified atom stereocenters. The third-order valence-electron chi connectivity index (χ3n) is 5.68. The second-order valence-electron chi connectivity index (χ2n) is 7.64. The van der Waals surface area contributed by atoms with Crippen molar-refractivity contribution in [1.29, 1.82) is 0 Å². The number of hydrogen-bond donors (Lipinski definition) is 0. The molecule has 2 aliphatic rings. The fourth-order valence-electron chi connectivity index (χ4n) is 4.09. The number of carbonyl (C=O) groups excluding carboxylic acids is 2. The van der Waals surface area contributed by atoms with Gasteiger partial charge in [0.1, 0.15) is 5.58 Å². The first-order chi connectivity index (χ1) is 13.7. The number of hydrogen-bond acceptors (Lipinski definition) is 5. The van der Waals surface area contributed by atoms with Crippen LogP contribution < -0.4 is 0 Å². The number of carbonyl (C=O) groups is 2. The molecular formula is C22H27NO4S. The van der Waals surface area contributed by atoms with Crippen LogP contribution in [0.4, 0.5) is 0 Å². The number of benzene rings is 1. The van der Waals surface area contributed by atoms with Gasteiger partial charge in [-0.3, -0.25) is 4.79 Å². The van der Waals surface area contributed by atoms with E-state index >= 15 is 0 Å². The highest BCUT2D eigenvalue weighted by molar-refractivity contribution is 7.99. The SMILES string of the molecule is O=C(OCC(=O)N1CCCC1)c1oc2ccccc2c1CSC1CCCCC1. The summed E-state index contributed by atoms with van der Waals surface area (Å²) in [5, 5.41) is 1.60. The first kappa shape index (κ1) is 19.4. The van der Waals surface area contributed by atoms with E-state index in [0.717, 1.165) is 42.6 Å². The highest BCUT2D eigenvalue weighted by atomic mass is 32.2. The fraction of sp³-hybridized carbons (Fsp3) is 0.545. The normalized spacial score (nSPS) is 17.9. The summed E-state index contributed by atoms with van der Waals surface area (Å²) in [6, 6.07) is 7.71. The standard InChI is InChI=1S/C22H27NO4S/c24-20(23-12-6-7-13-23)14-26-22(25)21-18(15-28-16-8-2-1-3-9-16)17-10-4-5-11-19(17)27-21/h4-5,10-11,16H,1-3,6-9,12-15H2. The molecule has 5 nitrogen and oxygen atoms in total. The number of para-hydroxylation sites is 1. The lowest BCUT2D eigenvalue weighted by atomic mass is 10.0. The van der Waals surface area contributed by atoms with Gasteiger partial charge in [0.25, 0.3) is 5.91 Å². The molecule has 0 bridgehead atoms. The molecule has 0 spiro atoms. The number of thioether (sulfide) groups is 1. The largest absolute Gasteiger partial charge is 0.450 e. The van der Waals surface area contributed by atoms with Crippen molar-refractivity contribution in [3.8, 4) is 0 Å². The van der Waals surface area contributed by atoms with Gasteiger partial charge in [-0.15, -0.1) is 0 Å². The van der Waals surface area contributed by atoms with Gasteiger partial charge in [0.2, 0.25) is 5.76 Å². The third kappa shape index (κ3) is 4.37. The van der Waals surface area contributed by atoms with Gasteiger partial charge in [-0.05, 0) is 31.7 Å². The molecule has 0 N–H and O–H groups in total. The van der Waals surface area contributed by atoms with E-state index < -0.39 is 5.97 Å². The van der Waals surface area contributed by atoms with Crippen LogP contribution in [-0.2, 0) is 15.3 Å². The molecule has 4 rings (SSSR count). The van der Waals surface area contributed by atoms with Gasteiger partial charge >= 0.3 is 5.97 Å². The summed E-state index contributed by atoms with van der Waals surface area (Å²) < 4.78 is 11.2. The summed E-state index contributed by atoms with van der Waals surface area (Å²) in [6.45, 7) is 1.29. The molecule has 1 aromatic heterocycles. The zero-order valence-corrected chi connectivity index (χ0v) is 17.0. The van der Waals surface area contributed by atoms with Gasteiger partial charge < -0.3 is 14.1 Å². The Bertz CT molecular complexity index is 834. The molecule has 28 heavy (non-hydrogen) atoms. The predicted molar refractivity (Wildman–Crippen MR) is 110 cm³/mol. The van der Waals surface area contributed by atoms with E-state index in [4.69, 9.17) is 9.15 Å². The number of amides is 1. The smallest absolute Gasteiger partial charge is 0.375 e. The van der Waals surface area contributed by atoms with Crippen molar-refractivity contribution in [3.63, 3.8) is 0 Å². The third-order valence-corrected chi connectivity index (χ3v) is 7.08.